The van der Waals surface area contributed by atoms with Gasteiger partial charge >= 0.3 is 6.18 Å². The average Bonchev–Trinajstić information content (AvgIpc) is 3.12. The van der Waals surface area contributed by atoms with Crippen molar-refractivity contribution >= 4 is 23.3 Å². The zero-order valence-corrected chi connectivity index (χ0v) is 21.4. The van der Waals surface area contributed by atoms with Gasteiger partial charge in [0.05, 0.1) is 30.6 Å². The van der Waals surface area contributed by atoms with Gasteiger partial charge in [0.15, 0.2) is 5.84 Å². The highest BCUT2D eigenvalue weighted by molar-refractivity contribution is 6.30. The molecule has 3 aliphatic heterocycles. The van der Waals surface area contributed by atoms with Crippen molar-refractivity contribution in [2.75, 3.05) is 26.2 Å². The van der Waals surface area contributed by atoms with Gasteiger partial charge in [-0.2, -0.15) is 13.2 Å². The van der Waals surface area contributed by atoms with Crippen LogP contribution >= 0.6 is 11.6 Å². The number of hydrogen-bond acceptors (Lipinski definition) is 6. The highest BCUT2D eigenvalue weighted by Gasteiger charge is 2.38. The summed E-state index contributed by atoms with van der Waals surface area (Å²) in [5.41, 5.74) is 0.752. The lowest BCUT2D eigenvalue weighted by molar-refractivity contribution is -0.139. The second kappa shape index (κ2) is 10.6. The Bertz CT molecular complexity index is 1310. The Balaban J connectivity index is 1.35. The van der Waals surface area contributed by atoms with Crippen LogP contribution in [0, 0.1) is 11.2 Å². The summed E-state index contributed by atoms with van der Waals surface area (Å²) in [6, 6.07) is 4.96. The zero-order valence-electron chi connectivity index (χ0n) is 20.6. The van der Waals surface area contributed by atoms with Crippen molar-refractivity contribution in [3.05, 3.63) is 69.3 Å². The van der Waals surface area contributed by atoms with Crippen LogP contribution in [0.3, 0.4) is 0 Å². The van der Waals surface area contributed by atoms with E-state index in [0.29, 0.717) is 48.8 Å². The van der Waals surface area contributed by atoms with E-state index in [1.807, 2.05) is 22.8 Å². The number of rotatable bonds is 7. The minimum absolute atomic E-state index is 0.0701. The van der Waals surface area contributed by atoms with Crippen LogP contribution < -0.4 is 4.74 Å². The molecule has 7 nitrogen and oxygen atoms in total. The summed E-state index contributed by atoms with van der Waals surface area (Å²) in [6.07, 6.45) is -1.45. The van der Waals surface area contributed by atoms with Crippen LogP contribution in [0.1, 0.15) is 35.7 Å². The van der Waals surface area contributed by atoms with Gasteiger partial charge in [-0.05, 0) is 43.5 Å². The average molecular weight is 552 g/mol. The second-order valence-electron chi connectivity index (χ2n) is 9.37. The number of nitrogens with zero attached hydrogens (tertiary/aromatic N) is 4. The summed E-state index contributed by atoms with van der Waals surface area (Å²) in [5.74, 6) is -0.385. The number of benzene rings is 1. The third-order valence-electron chi connectivity index (χ3n) is 6.82. The van der Waals surface area contributed by atoms with Crippen LogP contribution in [0.2, 0.25) is 5.02 Å². The van der Waals surface area contributed by atoms with E-state index in [0.717, 1.165) is 25.2 Å². The van der Waals surface area contributed by atoms with E-state index in [1.165, 1.54) is 12.1 Å². The molecule has 4 heterocycles. The maximum absolute atomic E-state index is 14.2. The molecule has 1 N–H and O–H groups in total. The molecule has 1 aromatic carbocycles. The van der Waals surface area contributed by atoms with Crippen LogP contribution in [-0.4, -0.2) is 58.8 Å². The molecule has 202 valence electrons. The molecule has 1 saturated heterocycles. The number of ether oxygens (including phenoxy) is 2. The van der Waals surface area contributed by atoms with Gasteiger partial charge in [-0.1, -0.05) is 23.7 Å². The highest BCUT2D eigenvalue weighted by atomic mass is 35.5. The molecule has 2 aromatic rings. The largest absolute Gasteiger partial charge is 0.472 e. The number of amidine groups is 2. The van der Waals surface area contributed by atoms with Crippen molar-refractivity contribution in [3.63, 3.8) is 0 Å². The van der Waals surface area contributed by atoms with Crippen molar-refractivity contribution in [2.24, 2.45) is 4.99 Å². The van der Waals surface area contributed by atoms with Crippen molar-refractivity contribution in [2.45, 2.75) is 45.2 Å². The first-order chi connectivity index (χ1) is 18.1. The van der Waals surface area contributed by atoms with E-state index >= 15 is 0 Å². The first-order valence-electron chi connectivity index (χ1n) is 12.2. The highest BCUT2D eigenvalue weighted by Crippen LogP contribution is 2.38. The number of fused-ring (bicyclic) bond motifs is 1. The minimum atomic E-state index is -4.68. The van der Waals surface area contributed by atoms with E-state index < -0.39 is 30.0 Å². The van der Waals surface area contributed by atoms with Crippen LogP contribution in [0.25, 0.3) is 0 Å². The molecule has 3 aliphatic rings. The molecule has 5 rings (SSSR count). The SMILES string of the molecule is C/C=C1\C(=N)N=C(CN2CCc3cc(C(F)(F)F)c(OCc4ccc(Cl)cc4F)nc3C2)N1C[C@@H]1CCO1. The lowest BCUT2D eigenvalue weighted by Crippen LogP contribution is -2.45. The predicted molar refractivity (Wildman–Crippen MR) is 134 cm³/mol. The Hall–Kier alpha value is -3.02. The molecule has 1 aromatic heterocycles. The molecule has 0 spiro atoms. The fourth-order valence-electron chi connectivity index (χ4n) is 4.69. The second-order valence-corrected chi connectivity index (χ2v) is 9.81. The van der Waals surface area contributed by atoms with Crippen LogP contribution in [-0.2, 0) is 30.5 Å². The van der Waals surface area contributed by atoms with E-state index in [2.05, 4.69) is 9.98 Å². The summed E-state index contributed by atoms with van der Waals surface area (Å²) in [7, 11) is 0. The van der Waals surface area contributed by atoms with Crippen LogP contribution in [0.15, 0.2) is 41.0 Å². The zero-order chi connectivity index (χ0) is 27.0. The van der Waals surface area contributed by atoms with Gasteiger partial charge in [-0.25, -0.2) is 14.4 Å². The monoisotopic (exact) mass is 551 g/mol. The summed E-state index contributed by atoms with van der Waals surface area (Å²) < 4.78 is 66.7. The summed E-state index contributed by atoms with van der Waals surface area (Å²) >= 11 is 5.76. The molecule has 0 aliphatic carbocycles. The molecule has 12 heteroatoms. The topological polar surface area (TPSA) is 74.0 Å². The van der Waals surface area contributed by atoms with E-state index in [4.69, 9.17) is 26.5 Å². The van der Waals surface area contributed by atoms with E-state index in [1.54, 1.807) is 0 Å². The first-order valence-corrected chi connectivity index (χ1v) is 12.6. The number of hydrogen-bond donors (Lipinski definition) is 1. The quantitative estimate of drug-likeness (QED) is 0.478. The molecule has 0 radical (unpaired) electrons. The first kappa shape index (κ1) is 26.6. The molecule has 1 atom stereocenters. The third-order valence-corrected chi connectivity index (χ3v) is 7.05. The predicted octanol–water partition coefficient (Wildman–Crippen LogP) is 5.21. The summed E-state index contributed by atoms with van der Waals surface area (Å²) in [4.78, 5) is 12.7. The van der Waals surface area contributed by atoms with Gasteiger partial charge in [-0.15, -0.1) is 0 Å². The number of alkyl halides is 3. The van der Waals surface area contributed by atoms with Crippen molar-refractivity contribution in [1.82, 2.24) is 14.8 Å². The lowest BCUT2D eigenvalue weighted by Gasteiger charge is -2.34. The van der Waals surface area contributed by atoms with Crippen LogP contribution in [0.4, 0.5) is 17.6 Å². The molecular formula is C26H26ClF4N5O2. The van der Waals surface area contributed by atoms with E-state index in [-0.39, 0.29) is 29.1 Å². The van der Waals surface area contributed by atoms with Crippen molar-refractivity contribution < 1.29 is 27.0 Å². The van der Waals surface area contributed by atoms with Crippen molar-refractivity contribution in [1.29, 1.82) is 5.41 Å². The van der Waals surface area contributed by atoms with Gasteiger partial charge in [0.25, 0.3) is 0 Å². The maximum Gasteiger partial charge on any atom is 0.421 e. The number of aromatic nitrogens is 1. The van der Waals surface area contributed by atoms with Crippen LogP contribution in [0.5, 0.6) is 5.88 Å². The van der Waals surface area contributed by atoms with E-state index in [9.17, 15) is 17.6 Å². The summed E-state index contributed by atoms with van der Waals surface area (Å²) in [6.45, 7) is 3.94. The molecule has 0 amide bonds. The molecule has 0 saturated carbocycles. The molecular weight excluding hydrogens is 526 g/mol. The molecule has 38 heavy (non-hydrogen) atoms. The summed E-state index contributed by atoms with van der Waals surface area (Å²) in [5, 5.41) is 8.43. The molecule has 0 bridgehead atoms. The third kappa shape index (κ3) is 5.55. The van der Waals surface area contributed by atoms with Gasteiger partial charge < -0.3 is 14.4 Å². The normalized spacial score (nSPS) is 20.9. The van der Waals surface area contributed by atoms with Crippen molar-refractivity contribution in [3.8, 4) is 5.88 Å². The maximum atomic E-state index is 14.2. The Kier molecular flexibility index (Phi) is 7.43. The van der Waals surface area contributed by atoms with Gasteiger partial charge in [0, 0.05) is 30.3 Å². The smallest absolute Gasteiger partial charge is 0.421 e. The molecule has 1 fully saturated rings. The fourth-order valence-corrected chi connectivity index (χ4v) is 4.85. The number of pyridine rings is 1. The Labute approximate surface area is 222 Å². The Morgan fingerprint density at radius 1 is 1.29 bits per heavy atom. The number of allylic oxidation sites excluding steroid dienone is 1. The number of halogens is 5. The van der Waals surface area contributed by atoms with Gasteiger partial charge in [0.1, 0.15) is 23.8 Å². The fraction of sp³-hybridized carbons (Fsp3) is 0.423. The van der Waals surface area contributed by atoms with Gasteiger partial charge in [0.2, 0.25) is 5.88 Å². The lowest BCUT2D eigenvalue weighted by atomic mass is 10.0. The number of aliphatic imine (C=N–C) groups is 1. The molecule has 0 unspecified atom stereocenters. The number of nitrogens with one attached hydrogen (secondary N) is 1. The Morgan fingerprint density at radius 3 is 2.74 bits per heavy atom. The van der Waals surface area contributed by atoms with Gasteiger partial charge in [-0.3, -0.25) is 10.3 Å². The standard InChI is InChI=1S/C26H26ClF4N5O2/c1-2-22-24(32)34-23(36(22)11-18-6-8-37-18)13-35-7-5-15-9-19(26(29,30)31)25(33-21(15)12-35)38-14-16-3-4-17(27)10-20(16)28/h2-4,9-10,18,32H,5-8,11-14H2,1H3/b22-2+,32-24?/t18-/m0/s1. The minimum Gasteiger partial charge on any atom is -0.472 e. The Morgan fingerprint density at radius 2 is 2.08 bits per heavy atom.